The summed E-state index contributed by atoms with van der Waals surface area (Å²) in [7, 11) is 4.01. The molecule has 0 fully saturated rings. The van der Waals surface area contributed by atoms with E-state index in [1.54, 1.807) is 12.1 Å². The van der Waals surface area contributed by atoms with Crippen LogP contribution in [0.2, 0.25) is 0 Å². The summed E-state index contributed by atoms with van der Waals surface area (Å²) in [6.07, 6.45) is 0.944. The third-order valence-corrected chi connectivity index (χ3v) is 3.30. The summed E-state index contributed by atoms with van der Waals surface area (Å²) < 4.78 is 12.7. The van der Waals surface area contributed by atoms with Gasteiger partial charge in [-0.15, -0.1) is 11.8 Å². The van der Waals surface area contributed by atoms with Gasteiger partial charge in [0.25, 0.3) is 0 Å². The highest BCUT2D eigenvalue weighted by Crippen LogP contribution is 2.17. The predicted octanol–water partition coefficient (Wildman–Crippen LogP) is 1.99. The van der Waals surface area contributed by atoms with E-state index >= 15 is 0 Å². The summed E-state index contributed by atoms with van der Waals surface area (Å²) in [6, 6.07) is 6.16. The van der Waals surface area contributed by atoms with Crippen molar-refractivity contribution in [3.63, 3.8) is 0 Å². The lowest BCUT2D eigenvalue weighted by atomic mass is 10.4. The number of halogens is 1. The molecule has 1 aromatic carbocycles. The Morgan fingerprint density at radius 3 is 2.61 bits per heavy atom. The highest BCUT2D eigenvalue weighted by atomic mass is 32.2. The van der Waals surface area contributed by atoms with Gasteiger partial charge >= 0.3 is 0 Å². The molecule has 0 aliphatic carbocycles. The van der Waals surface area contributed by atoms with Crippen molar-refractivity contribution in [2.24, 2.45) is 0 Å². The lowest BCUT2D eigenvalue weighted by molar-refractivity contribution is -0.118. The number of hydrogen-bond donors (Lipinski definition) is 1. The fourth-order valence-corrected chi connectivity index (χ4v) is 2.08. The van der Waals surface area contributed by atoms with Gasteiger partial charge in [0.05, 0.1) is 5.75 Å². The van der Waals surface area contributed by atoms with E-state index < -0.39 is 0 Å². The molecule has 0 bridgehead atoms. The number of amides is 1. The highest BCUT2D eigenvalue weighted by molar-refractivity contribution is 8.00. The summed E-state index contributed by atoms with van der Waals surface area (Å²) in [5, 5.41) is 2.86. The van der Waals surface area contributed by atoms with Crippen LogP contribution in [0.25, 0.3) is 0 Å². The summed E-state index contributed by atoms with van der Waals surface area (Å²) in [4.78, 5) is 14.5. The average Bonchev–Trinajstić information content (AvgIpc) is 2.34. The van der Waals surface area contributed by atoms with Crippen molar-refractivity contribution in [3.05, 3.63) is 30.1 Å². The Balaban J connectivity index is 2.15. The Kier molecular flexibility index (Phi) is 6.75. The van der Waals surface area contributed by atoms with Crippen molar-refractivity contribution in [2.75, 3.05) is 32.9 Å². The van der Waals surface area contributed by atoms with Gasteiger partial charge < -0.3 is 10.2 Å². The van der Waals surface area contributed by atoms with Crippen LogP contribution in [0.15, 0.2) is 29.2 Å². The zero-order valence-corrected chi connectivity index (χ0v) is 11.6. The van der Waals surface area contributed by atoms with Gasteiger partial charge in [-0.05, 0) is 51.3 Å². The average molecular weight is 270 g/mol. The molecule has 18 heavy (non-hydrogen) atoms. The molecular formula is C13H19FN2OS. The Bertz CT molecular complexity index is 368. The van der Waals surface area contributed by atoms with Gasteiger partial charge in [0.15, 0.2) is 0 Å². The van der Waals surface area contributed by atoms with E-state index in [1.165, 1.54) is 23.9 Å². The molecule has 1 aromatic rings. The summed E-state index contributed by atoms with van der Waals surface area (Å²) in [5.41, 5.74) is 0. The topological polar surface area (TPSA) is 32.3 Å². The van der Waals surface area contributed by atoms with Crippen molar-refractivity contribution in [1.29, 1.82) is 0 Å². The Labute approximate surface area is 112 Å². The maximum absolute atomic E-state index is 12.7. The maximum atomic E-state index is 12.7. The van der Waals surface area contributed by atoms with Gasteiger partial charge in [0.1, 0.15) is 5.82 Å². The third-order valence-electron chi connectivity index (χ3n) is 2.29. The molecule has 0 aromatic heterocycles. The molecule has 0 spiro atoms. The molecule has 1 N–H and O–H groups in total. The van der Waals surface area contributed by atoms with Crippen LogP contribution in [0.3, 0.4) is 0 Å². The number of thioether (sulfide) groups is 1. The minimum absolute atomic E-state index is 0.0167. The van der Waals surface area contributed by atoms with E-state index in [2.05, 4.69) is 10.2 Å². The van der Waals surface area contributed by atoms with Crippen LogP contribution in [0.5, 0.6) is 0 Å². The molecule has 0 saturated carbocycles. The largest absolute Gasteiger partial charge is 0.355 e. The summed E-state index contributed by atoms with van der Waals surface area (Å²) >= 11 is 1.41. The van der Waals surface area contributed by atoms with Crippen LogP contribution < -0.4 is 5.32 Å². The van der Waals surface area contributed by atoms with Gasteiger partial charge in [-0.2, -0.15) is 0 Å². The highest BCUT2D eigenvalue weighted by Gasteiger charge is 2.02. The van der Waals surface area contributed by atoms with Crippen molar-refractivity contribution in [3.8, 4) is 0 Å². The summed E-state index contributed by atoms with van der Waals surface area (Å²) in [6.45, 7) is 1.66. The predicted molar refractivity (Wildman–Crippen MR) is 73.3 cm³/mol. The van der Waals surface area contributed by atoms with Crippen LogP contribution in [0, 0.1) is 5.82 Å². The smallest absolute Gasteiger partial charge is 0.230 e. The molecule has 0 atom stereocenters. The van der Waals surface area contributed by atoms with Gasteiger partial charge in [0.2, 0.25) is 5.91 Å². The van der Waals surface area contributed by atoms with Crippen molar-refractivity contribution >= 4 is 17.7 Å². The minimum Gasteiger partial charge on any atom is -0.355 e. The lowest BCUT2D eigenvalue weighted by Crippen LogP contribution is -2.28. The first-order valence-electron chi connectivity index (χ1n) is 5.88. The maximum Gasteiger partial charge on any atom is 0.230 e. The molecule has 0 unspecified atom stereocenters. The summed E-state index contributed by atoms with van der Waals surface area (Å²) in [5.74, 6) is 0.128. The molecule has 5 heteroatoms. The SMILES string of the molecule is CN(C)CCCNC(=O)CSc1ccc(F)cc1. The van der Waals surface area contributed by atoms with Crippen molar-refractivity contribution in [1.82, 2.24) is 10.2 Å². The van der Waals surface area contributed by atoms with Crippen molar-refractivity contribution in [2.45, 2.75) is 11.3 Å². The normalized spacial score (nSPS) is 10.7. The number of carbonyl (C=O) groups excluding carboxylic acids is 1. The first kappa shape index (κ1) is 15.0. The van der Waals surface area contributed by atoms with Gasteiger partial charge in [0, 0.05) is 11.4 Å². The van der Waals surface area contributed by atoms with E-state index in [9.17, 15) is 9.18 Å². The van der Waals surface area contributed by atoms with Crippen LogP contribution in [-0.2, 0) is 4.79 Å². The lowest BCUT2D eigenvalue weighted by Gasteiger charge is -2.09. The van der Waals surface area contributed by atoms with E-state index in [0.29, 0.717) is 12.3 Å². The molecule has 0 aliphatic heterocycles. The molecule has 0 radical (unpaired) electrons. The second-order valence-electron chi connectivity index (χ2n) is 4.25. The molecule has 1 amide bonds. The molecule has 0 aliphatic rings. The second kappa shape index (κ2) is 8.11. The van der Waals surface area contributed by atoms with Crippen LogP contribution in [0.1, 0.15) is 6.42 Å². The van der Waals surface area contributed by atoms with Gasteiger partial charge in [-0.3, -0.25) is 4.79 Å². The fourth-order valence-electron chi connectivity index (χ4n) is 1.35. The molecule has 3 nitrogen and oxygen atoms in total. The molecule has 1 rings (SSSR count). The van der Waals surface area contributed by atoms with E-state index in [4.69, 9.17) is 0 Å². The zero-order valence-electron chi connectivity index (χ0n) is 10.8. The van der Waals surface area contributed by atoms with Crippen LogP contribution in [-0.4, -0.2) is 43.7 Å². The van der Waals surface area contributed by atoms with E-state index in [-0.39, 0.29) is 11.7 Å². The first-order valence-corrected chi connectivity index (χ1v) is 6.86. The van der Waals surface area contributed by atoms with Crippen LogP contribution >= 0.6 is 11.8 Å². The van der Waals surface area contributed by atoms with Gasteiger partial charge in [-0.25, -0.2) is 4.39 Å². The number of nitrogens with one attached hydrogen (secondary N) is 1. The molecule has 0 saturated heterocycles. The number of nitrogens with zero attached hydrogens (tertiary/aromatic N) is 1. The first-order chi connectivity index (χ1) is 8.58. The van der Waals surface area contributed by atoms with Gasteiger partial charge in [-0.1, -0.05) is 0 Å². The minimum atomic E-state index is -0.257. The van der Waals surface area contributed by atoms with E-state index in [1.807, 2.05) is 14.1 Å². The standard InChI is InChI=1S/C13H19FN2OS/c1-16(2)9-3-8-15-13(17)10-18-12-6-4-11(14)5-7-12/h4-7H,3,8-10H2,1-2H3,(H,15,17). The molecular weight excluding hydrogens is 251 g/mol. The number of carbonyl (C=O) groups is 1. The Morgan fingerprint density at radius 1 is 1.33 bits per heavy atom. The monoisotopic (exact) mass is 270 g/mol. The fraction of sp³-hybridized carbons (Fsp3) is 0.462. The zero-order chi connectivity index (χ0) is 13.4. The second-order valence-corrected chi connectivity index (χ2v) is 5.30. The molecule has 100 valence electrons. The van der Waals surface area contributed by atoms with Crippen molar-refractivity contribution < 1.29 is 9.18 Å². The third kappa shape index (κ3) is 6.61. The number of hydrogen-bond acceptors (Lipinski definition) is 3. The molecule has 0 heterocycles. The number of rotatable bonds is 7. The Hall–Kier alpha value is -1.07. The van der Waals surface area contributed by atoms with E-state index in [0.717, 1.165) is 17.9 Å². The number of benzene rings is 1. The van der Waals surface area contributed by atoms with Crippen LogP contribution in [0.4, 0.5) is 4.39 Å². The quantitative estimate of drug-likeness (QED) is 0.607. The Morgan fingerprint density at radius 2 is 2.00 bits per heavy atom.